The van der Waals surface area contributed by atoms with Crippen LogP contribution in [0, 0.1) is 23.6 Å². The van der Waals surface area contributed by atoms with Gasteiger partial charge in [-0.3, -0.25) is 19.8 Å². The van der Waals surface area contributed by atoms with Gasteiger partial charge in [-0.15, -0.1) is 0 Å². The summed E-state index contributed by atoms with van der Waals surface area (Å²) in [6.45, 7) is 2.15. The van der Waals surface area contributed by atoms with Crippen molar-refractivity contribution in [2.75, 3.05) is 31.6 Å². The number of ether oxygens (including phenoxy) is 1. The Hall–Kier alpha value is -4.55. The molecule has 212 valence electrons. The molecule has 7 rings (SSSR count). The minimum atomic E-state index is -0.554. The molecular formula is C28H30FN9O3. The van der Waals surface area contributed by atoms with E-state index in [4.69, 9.17) is 10.5 Å². The molecule has 4 aromatic rings. The second kappa shape index (κ2) is 9.53. The topological polar surface area (TPSA) is 159 Å². The number of piperidine rings is 1. The fourth-order valence-electron chi connectivity index (χ4n) is 7.06. The summed E-state index contributed by atoms with van der Waals surface area (Å²) in [5, 5.41) is 15.1. The number of carbonyl (C=O) groups is 2. The van der Waals surface area contributed by atoms with Crippen molar-refractivity contribution in [3.05, 3.63) is 48.3 Å². The average molecular weight is 560 g/mol. The van der Waals surface area contributed by atoms with Crippen LogP contribution in [0.1, 0.15) is 36.2 Å². The van der Waals surface area contributed by atoms with E-state index in [-0.39, 0.29) is 40.8 Å². The average Bonchev–Trinajstić information content (AvgIpc) is 3.48. The van der Waals surface area contributed by atoms with E-state index in [0.717, 1.165) is 48.8 Å². The Labute approximate surface area is 234 Å². The number of methoxy groups -OCH3 is 1. The van der Waals surface area contributed by atoms with Crippen LogP contribution in [0.25, 0.3) is 22.3 Å². The highest BCUT2D eigenvalue weighted by Crippen LogP contribution is 2.60. The van der Waals surface area contributed by atoms with Crippen molar-refractivity contribution in [2.45, 2.75) is 31.2 Å². The number of H-pyrrole nitrogens is 2. The summed E-state index contributed by atoms with van der Waals surface area (Å²) >= 11 is 0. The lowest BCUT2D eigenvalue weighted by molar-refractivity contribution is -0.124. The van der Waals surface area contributed by atoms with E-state index < -0.39 is 11.4 Å². The Morgan fingerprint density at radius 1 is 1.15 bits per heavy atom. The molecule has 3 unspecified atom stereocenters. The van der Waals surface area contributed by atoms with Crippen molar-refractivity contribution in [3.8, 4) is 17.1 Å². The van der Waals surface area contributed by atoms with Gasteiger partial charge in [-0.1, -0.05) is 0 Å². The highest BCUT2D eigenvalue weighted by Gasteiger charge is 2.65. The summed E-state index contributed by atoms with van der Waals surface area (Å²) in [7, 11) is 1.45. The second-order valence-electron chi connectivity index (χ2n) is 11.3. The first-order valence-corrected chi connectivity index (χ1v) is 13.8. The standard InChI is InChI=1S/C28H30FN9O3/c1-41-24-8-17(20(29)13-32-24)21-9-22(35-34-21)27(40)38-7-4-15(25(30)39)10-28(38)11-19(28)16-3-6-37(14-16)23-2-5-31-26-18(23)12-33-36-26/h2,5,8-9,12-13,15-16,19H,3-4,6-7,10-11,14H2,1H3,(H2,30,39)(H,34,35)(H,31,33,36)/t15?,16-,19?,28?/m1/s1. The quantitative estimate of drug-likeness (QED) is 0.325. The molecule has 1 spiro atoms. The summed E-state index contributed by atoms with van der Waals surface area (Å²) in [5.41, 5.74) is 7.92. The Bertz CT molecular complexity index is 1650. The molecule has 13 heteroatoms. The molecule has 1 aliphatic carbocycles. The number of carbonyl (C=O) groups excluding carboxylic acids is 2. The van der Waals surface area contributed by atoms with Crippen LogP contribution >= 0.6 is 0 Å². The van der Waals surface area contributed by atoms with Gasteiger partial charge >= 0.3 is 0 Å². The molecule has 41 heavy (non-hydrogen) atoms. The number of halogens is 1. The SMILES string of the molecule is COc1cc(-c2cc(C(=O)N3CCC(C(N)=O)CC34CC4[C@@H]3CCN(c4ccnc5[nH]ncc45)C3)n[nH]2)c(F)cn1. The fourth-order valence-corrected chi connectivity index (χ4v) is 7.06. The fraction of sp³-hybridized carbons (Fsp3) is 0.429. The number of hydrogen-bond donors (Lipinski definition) is 3. The summed E-state index contributed by atoms with van der Waals surface area (Å²) in [5.74, 6) is -0.548. The third kappa shape index (κ3) is 4.18. The van der Waals surface area contributed by atoms with Crippen LogP contribution in [0.5, 0.6) is 5.88 Å². The number of nitrogens with two attached hydrogens (primary N) is 1. The van der Waals surface area contributed by atoms with Gasteiger partial charge in [0.05, 0.1) is 36.3 Å². The first-order chi connectivity index (χ1) is 19.9. The van der Waals surface area contributed by atoms with Crippen molar-refractivity contribution in [1.29, 1.82) is 0 Å². The molecule has 2 aliphatic heterocycles. The molecule has 12 nitrogen and oxygen atoms in total. The Morgan fingerprint density at radius 3 is 2.85 bits per heavy atom. The van der Waals surface area contributed by atoms with E-state index >= 15 is 0 Å². The number of rotatable bonds is 6. The van der Waals surface area contributed by atoms with Gasteiger partial charge in [0.2, 0.25) is 11.8 Å². The minimum Gasteiger partial charge on any atom is -0.481 e. The van der Waals surface area contributed by atoms with Crippen molar-refractivity contribution >= 4 is 28.5 Å². The molecule has 3 aliphatic rings. The number of pyridine rings is 2. The smallest absolute Gasteiger partial charge is 0.274 e. The summed E-state index contributed by atoms with van der Waals surface area (Å²) < 4.78 is 19.7. The van der Waals surface area contributed by atoms with Crippen LogP contribution in [-0.2, 0) is 4.79 Å². The number of aromatic nitrogens is 6. The van der Waals surface area contributed by atoms with Crippen LogP contribution in [-0.4, -0.2) is 79.4 Å². The zero-order valence-corrected chi connectivity index (χ0v) is 22.5. The van der Waals surface area contributed by atoms with Gasteiger partial charge in [0.15, 0.2) is 17.2 Å². The van der Waals surface area contributed by atoms with Crippen LogP contribution in [0.2, 0.25) is 0 Å². The molecule has 1 saturated carbocycles. The largest absolute Gasteiger partial charge is 0.481 e. The first-order valence-electron chi connectivity index (χ1n) is 13.8. The zero-order chi connectivity index (χ0) is 28.3. The highest BCUT2D eigenvalue weighted by molar-refractivity contribution is 5.95. The molecule has 0 radical (unpaired) electrons. The van der Waals surface area contributed by atoms with E-state index in [1.165, 1.54) is 13.2 Å². The summed E-state index contributed by atoms with van der Waals surface area (Å²) in [6, 6.07) is 5.03. The van der Waals surface area contributed by atoms with Crippen molar-refractivity contribution in [2.24, 2.45) is 23.5 Å². The number of anilines is 1. The molecule has 2 saturated heterocycles. The van der Waals surface area contributed by atoms with Gasteiger partial charge in [-0.25, -0.2) is 14.4 Å². The molecule has 2 amide bonds. The van der Waals surface area contributed by atoms with Crippen molar-refractivity contribution < 1.29 is 18.7 Å². The second-order valence-corrected chi connectivity index (χ2v) is 11.3. The maximum atomic E-state index is 14.5. The van der Waals surface area contributed by atoms with Gasteiger partial charge < -0.3 is 20.3 Å². The number of nitrogens with zero attached hydrogens (tertiary/aromatic N) is 6. The van der Waals surface area contributed by atoms with Crippen LogP contribution in [0.4, 0.5) is 10.1 Å². The Kier molecular flexibility index (Phi) is 5.91. The summed E-state index contributed by atoms with van der Waals surface area (Å²) in [4.78, 5) is 38.6. The van der Waals surface area contributed by atoms with E-state index in [2.05, 4.69) is 35.3 Å². The maximum Gasteiger partial charge on any atom is 0.274 e. The Balaban J connectivity index is 1.14. The predicted octanol–water partition coefficient (Wildman–Crippen LogP) is 2.51. The highest BCUT2D eigenvalue weighted by atomic mass is 19.1. The van der Waals surface area contributed by atoms with Crippen molar-refractivity contribution in [3.63, 3.8) is 0 Å². The van der Waals surface area contributed by atoms with E-state index in [0.29, 0.717) is 31.0 Å². The number of primary amides is 1. The Morgan fingerprint density at radius 2 is 2.02 bits per heavy atom. The number of fused-ring (bicyclic) bond motifs is 1. The number of aromatic amines is 2. The number of nitrogens with one attached hydrogen (secondary N) is 2. The normalized spacial score (nSPS) is 25.7. The minimum absolute atomic E-state index is 0.199. The van der Waals surface area contributed by atoms with Crippen LogP contribution in [0.3, 0.4) is 0 Å². The van der Waals surface area contributed by atoms with Gasteiger partial charge in [0.1, 0.15) is 0 Å². The molecule has 4 atom stereocenters. The van der Waals surface area contributed by atoms with Gasteiger partial charge in [-0.2, -0.15) is 10.2 Å². The monoisotopic (exact) mass is 559 g/mol. The third-order valence-corrected chi connectivity index (χ3v) is 9.18. The molecule has 0 aromatic carbocycles. The molecule has 4 aromatic heterocycles. The lowest BCUT2D eigenvalue weighted by Crippen LogP contribution is -2.52. The van der Waals surface area contributed by atoms with E-state index in [1.807, 2.05) is 11.0 Å². The van der Waals surface area contributed by atoms with Crippen molar-refractivity contribution in [1.82, 2.24) is 35.3 Å². The molecular weight excluding hydrogens is 529 g/mol. The molecule has 3 fully saturated rings. The van der Waals surface area contributed by atoms with Gasteiger partial charge in [0, 0.05) is 48.9 Å². The lowest BCUT2D eigenvalue weighted by Gasteiger charge is -2.40. The van der Waals surface area contributed by atoms with Gasteiger partial charge in [-0.05, 0) is 49.7 Å². The lowest BCUT2D eigenvalue weighted by atomic mass is 9.84. The van der Waals surface area contributed by atoms with Crippen LogP contribution < -0.4 is 15.4 Å². The third-order valence-electron chi connectivity index (χ3n) is 9.18. The summed E-state index contributed by atoms with van der Waals surface area (Å²) in [6.07, 6.45) is 7.50. The van der Waals surface area contributed by atoms with Gasteiger partial charge in [0.25, 0.3) is 5.91 Å². The first kappa shape index (κ1) is 25.4. The van der Waals surface area contributed by atoms with E-state index in [9.17, 15) is 14.0 Å². The van der Waals surface area contributed by atoms with E-state index in [1.54, 1.807) is 18.5 Å². The molecule has 0 bridgehead atoms. The number of hydrogen-bond acceptors (Lipinski definition) is 8. The van der Waals surface area contributed by atoms with Crippen LogP contribution in [0.15, 0.2) is 36.8 Å². The molecule has 6 heterocycles. The predicted molar refractivity (Wildman–Crippen MR) is 146 cm³/mol. The zero-order valence-electron chi connectivity index (χ0n) is 22.5. The number of likely N-dealkylation sites (tertiary alicyclic amines) is 1. The number of amides is 2. The molecule has 4 N–H and O–H groups in total. The maximum absolute atomic E-state index is 14.5.